The highest BCUT2D eigenvalue weighted by Crippen LogP contribution is 2.33. The normalized spacial score (nSPS) is 23.2. The first kappa shape index (κ1) is 14.9. The van der Waals surface area contributed by atoms with Crippen molar-refractivity contribution in [2.45, 2.75) is 0 Å². The molecule has 0 unspecified atom stereocenters. The maximum Gasteiger partial charge on any atom is 0.222 e. The molecule has 2 fully saturated rings. The van der Waals surface area contributed by atoms with E-state index in [-0.39, 0.29) is 0 Å². The van der Waals surface area contributed by atoms with Crippen LogP contribution in [0.2, 0.25) is 0 Å². The Morgan fingerprint density at radius 1 is 1.08 bits per heavy atom. The van der Waals surface area contributed by atoms with Gasteiger partial charge >= 0.3 is 0 Å². The number of nitriles is 1. The Balaban J connectivity index is 1.61. The van der Waals surface area contributed by atoms with E-state index in [1.54, 1.807) is 12.1 Å². The van der Waals surface area contributed by atoms with Crippen LogP contribution in [0.4, 0.5) is 11.8 Å². The van der Waals surface area contributed by atoms with Crippen LogP contribution in [0.15, 0.2) is 30.3 Å². The maximum atomic E-state index is 8.92. The number of benzene rings is 1. The maximum absolute atomic E-state index is 8.92. The highest BCUT2D eigenvalue weighted by Gasteiger charge is 2.39. The summed E-state index contributed by atoms with van der Waals surface area (Å²) >= 11 is 0. The molecular formula is C18H20N6. The smallest absolute Gasteiger partial charge is 0.222 e. The molecule has 2 atom stereocenters. The number of nitrogen functional groups attached to an aromatic ring is 1. The second kappa shape index (κ2) is 5.77. The second-order valence-corrected chi connectivity index (χ2v) is 6.81. The molecule has 1 aromatic carbocycles. The summed E-state index contributed by atoms with van der Waals surface area (Å²) in [6.45, 7) is 4.37. The van der Waals surface area contributed by atoms with Crippen LogP contribution in [-0.4, -0.2) is 48.1 Å². The molecule has 2 aliphatic rings. The Morgan fingerprint density at radius 2 is 1.75 bits per heavy atom. The molecule has 2 aromatic rings. The van der Waals surface area contributed by atoms with Crippen LogP contribution in [0.1, 0.15) is 5.56 Å². The van der Waals surface area contributed by atoms with Gasteiger partial charge in [0.2, 0.25) is 5.95 Å². The minimum Gasteiger partial charge on any atom is -0.368 e. The van der Waals surface area contributed by atoms with Crippen LogP contribution < -0.4 is 10.6 Å². The Kier molecular flexibility index (Phi) is 3.58. The largest absolute Gasteiger partial charge is 0.368 e. The third kappa shape index (κ3) is 2.68. The zero-order chi connectivity index (χ0) is 16.7. The molecule has 2 saturated heterocycles. The SMILES string of the molecule is CN1C[C@@H]2CN(c3cc(-c4ccc(C#N)cc4)nc(N)n3)C[C@@H]2C1. The quantitative estimate of drug-likeness (QED) is 0.905. The standard InChI is InChI=1S/C18H20N6/c1-23-8-14-10-24(11-15(14)9-23)17-6-16(21-18(20)22-17)13-4-2-12(7-19)3-5-13/h2-6,14-15H,8-11H2,1H3,(H2,20,21,22)/t14-,15+. The molecule has 6 heteroatoms. The Labute approximate surface area is 141 Å². The first-order valence-electron chi connectivity index (χ1n) is 8.21. The second-order valence-electron chi connectivity index (χ2n) is 6.81. The van der Waals surface area contributed by atoms with Gasteiger partial charge in [-0.05, 0) is 31.0 Å². The molecule has 0 bridgehead atoms. The van der Waals surface area contributed by atoms with Crippen molar-refractivity contribution >= 4 is 11.8 Å². The summed E-state index contributed by atoms with van der Waals surface area (Å²) in [6.07, 6.45) is 0. The van der Waals surface area contributed by atoms with Crippen LogP contribution in [0.25, 0.3) is 11.3 Å². The molecule has 0 radical (unpaired) electrons. The lowest BCUT2D eigenvalue weighted by atomic mass is 10.0. The van der Waals surface area contributed by atoms with E-state index in [0.717, 1.165) is 43.3 Å². The molecule has 2 aliphatic heterocycles. The summed E-state index contributed by atoms with van der Waals surface area (Å²) < 4.78 is 0. The van der Waals surface area contributed by atoms with Crippen molar-refractivity contribution in [3.63, 3.8) is 0 Å². The van der Waals surface area contributed by atoms with Gasteiger partial charge in [0.1, 0.15) is 5.82 Å². The zero-order valence-electron chi connectivity index (χ0n) is 13.7. The minimum atomic E-state index is 0.293. The van der Waals surface area contributed by atoms with Gasteiger partial charge in [0, 0.05) is 37.8 Å². The summed E-state index contributed by atoms with van der Waals surface area (Å²) in [5, 5.41) is 8.92. The van der Waals surface area contributed by atoms with Gasteiger partial charge < -0.3 is 15.5 Å². The summed E-state index contributed by atoms with van der Waals surface area (Å²) in [5.41, 5.74) is 8.34. The lowest BCUT2D eigenvalue weighted by molar-refractivity contribution is 0.387. The summed E-state index contributed by atoms with van der Waals surface area (Å²) in [5.74, 6) is 2.62. The van der Waals surface area contributed by atoms with Crippen molar-refractivity contribution in [2.75, 3.05) is 43.9 Å². The lowest BCUT2D eigenvalue weighted by Crippen LogP contribution is -2.27. The molecule has 4 rings (SSSR count). The molecule has 1 aromatic heterocycles. The van der Waals surface area contributed by atoms with E-state index in [1.807, 2.05) is 18.2 Å². The van der Waals surface area contributed by atoms with Gasteiger partial charge in [0.15, 0.2) is 0 Å². The molecule has 3 heterocycles. The number of nitrogens with zero attached hydrogens (tertiary/aromatic N) is 5. The van der Waals surface area contributed by atoms with Gasteiger partial charge in [-0.25, -0.2) is 4.98 Å². The van der Waals surface area contributed by atoms with Crippen LogP contribution in [0.5, 0.6) is 0 Å². The highest BCUT2D eigenvalue weighted by molar-refractivity contribution is 5.65. The number of anilines is 2. The molecule has 122 valence electrons. The van der Waals surface area contributed by atoms with E-state index < -0.39 is 0 Å². The Hall–Kier alpha value is -2.65. The van der Waals surface area contributed by atoms with E-state index in [9.17, 15) is 0 Å². The van der Waals surface area contributed by atoms with Gasteiger partial charge in [-0.3, -0.25) is 0 Å². The van der Waals surface area contributed by atoms with E-state index >= 15 is 0 Å². The van der Waals surface area contributed by atoms with Crippen molar-refractivity contribution in [3.05, 3.63) is 35.9 Å². The molecule has 2 N–H and O–H groups in total. The monoisotopic (exact) mass is 320 g/mol. The average Bonchev–Trinajstić information content (AvgIpc) is 3.12. The molecule has 0 spiro atoms. The number of hydrogen-bond acceptors (Lipinski definition) is 6. The van der Waals surface area contributed by atoms with E-state index in [0.29, 0.717) is 23.3 Å². The van der Waals surface area contributed by atoms with E-state index in [4.69, 9.17) is 11.0 Å². The van der Waals surface area contributed by atoms with Gasteiger partial charge in [0.25, 0.3) is 0 Å². The van der Waals surface area contributed by atoms with E-state index in [2.05, 4.69) is 32.9 Å². The van der Waals surface area contributed by atoms with Gasteiger partial charge in [-0.15, -0.1) is 0 Å². The number of likely N-dealkylation sites (tertiary alicyclic amines) is 1. The molecule has 6 nitrogen and oxygen atoms in total. The third-order valence-electron chi connectivity index (χ3n) is 5.03. The lowest BCUT2D eigenvalue weighted by Gasteiger charge is -2.21. The number of fused-ring (bicyclic) bond motifs is 1. The third-order valence-corrected chi connectivity index (χ3v) is 5.03. The fourth-order valence-electron chi connectivity index (χ4n) is 3.89. The van der Waals surface area contributed by atoms with Gasteiger partial charge in [-0.2, -0.15) is 10.2 Å². The van der Waals surface area contributed by atoms with Crippen LogP contribution >= 0.6 is 0 Å². The van der Waals surface area contributed by atoms with Crippen molar-refractivity contribution in [3.8, 4) is 17.3 Å². The average molecular weight is 320 g/mol. The molecule has 0 saturated carbocycles. The van der Waals surface area contributed by atoms with Crippen molar-refractivity contribution < 1.29 is 0 Å². The van der Waals surface area contributed by atoms with Gasteiger partial charge in [0.05, 0.1) is 17.3 Å². The Bertz CT molecular complexity index is 780. The minimum absolute atomic E-state index is 0.293. The Morgan fingerprint density at radius 3 is 2.38 bits per heavy atom. The van der Waals surface area contributed by atoms with Crippen molar-refractivity contribution in [2.24, 2.45) is 11.8 Å². The number of nitrogens with two attached hydrogens (primary N) is 1. The van der Waals surface area contributed by atoms with Gasteiger partial charge in [-0.1, -0.05) is 12.1 Å². The summed E-state index contributed by atoms with van der Waals surface area (Å²) in [6, 6.07) is 11.5. The van der Waals surface area contributed by atoms with Crippen molar-refractivity contribution in [1.29, 1.82) is 5.26 Å². The molecule has 0 aliphatic carbocycles. The van der Waals surface area contributed by atoms with E-state index in [1.165, 1.54) is 0 Å². The first-order chi connectivity index (χ1) is 11.6. The first-order valence-corrected chi connectivity index (χ1v) is 8.21. The van der Waals surface area contributed by atoms with Crippen LogP contribution in [0.3, 0.4) is 0 Å². The topological polar surface area (TPSA) is 82.1 Å². The van der Waals surface area contributed by atoms with Crippen molar-refractivity contribution in [1.82, 2.24) is 14.9 Å². The molecule has 24 heavy (non-hydrogen) atoms. The fraction of sp³-hybridized carbons (Fsp3) is 0.389. The summed E-state index contributed by atoms with van der Waals surface area (Å²) in [4.78, 5) is 13.5. The van der Waals surface area contributed by atoms with Crippen LogP contribution in [-0.2, 0) is 0 Å². The fourth-order valence-corrected chi connectivity index (χ4v) is 3.89. The number of rotatable bonds is 2. The van der Waals surface area contributed by atoms with Crippen LogP contribution in [0, 0.1) is 23.2 Å². The zero-order valence-corrected chi connectivity index (χ0v) is 13.7. The molecular weight excluding hydrogens is 300 g/mol. The number of aromatic nitrogens is 2. The molecule has 0 amide bonds. The predicted molar refractivity (Wildman–Crippen MR) is 93.3 cm³/mol. The number of hydrogen-bond donors (Lipinski definition) is 1. The summed E-state index contributed by atoms with van der Waals surface area (Å²) in [7, 11) is 2.19. The highest BCUT2D eigenvalue weighted by atomic mass is 15.3. The predicted octanol–water partition coefficient (Wildman–Crippen LogP) is 1.60.